The number of nitrogens with one attached hydrogen (secondary N) is 3. The van der Waals surface area contributed by atoms with E-state index in [1.165, 1.54) is 0 Å². The Labute approximate surface area is 190 Å². The molecule has 0 bridgehead atoms. The Morgan fingerprint density at radius 3 is 1.82 bits per heavy atom. The first-order chi connectivity index (χ1) is 15.1. The van der Waals surface area contributed by atoms with Gasteiger partial charge in [0.05, 0.1) is 18.6 Å². The van der Waals surface area contributed by atoms with E-state index in [1.54, 1.807) is 0 Å². The zero-order chi connectivity index (χ0) is 25.9. The third-order valence-corrected chi connectivity index (χ3v) is 4.43. The first-order valence-corrected chi connectivity index (χ1v) is 10.2. The summed E-state index contributed by atoms with van der Waals surface area (Å²) < 4.78 is 0. The topological polar surface area (TPSA) is 251 Å². The van der Waals surface area contributed by atoms with E-state index >= 15 is 0 Å². The summed E-state index contributed by atoms with van der Waals surface area (Å²) in [6.07, 6.45) is -2.67. The second kappa shape index (κ2) is 14.0. The molecular formula is C19H33N5O9. The Bertz CT molecular complexity index is 741. The maximum absolute atomic E-state index is 12.7. The predicted molar refractivity (Wildman–Crippen MR) is 113 cm³/mol. The van der Waals surface area contributed by atoms with Crippen LogP contribution in [0.4, 0.5) is 0 Å². The fourth-order valence-corrected chi connectivity index (χ4v) is 2.74. The molecule has 14 nitrogen and oxygen atoms in total. The number of hydrogen-bond acceptors (Lipinski definition) is 8. The highest BCUT2D eigenvalue weighted by atomic mass is 16.4. The molecule has 0 spiro atoms. The smallest absolute Gasteiger partial charge is 0.326 e. The minimum absolute atomic E-state index is 0.0833. The summed E-state index contributed by atoms with van der Waals surface area (Å²) >= 11 is 0. The fourth-order valence-electron chi connectivity index (χ4n) is 2.74. The van der Waals surface area contributed by atoms with Gasteiger partial charge >= 0.3 is 11.9 Å². The summed E-state index contributed by atoms with van der Waals surface area (Å²) in [4.78, 5) is 70.6. The molecule has 5 atom stereocenters. The quantitative estimate of drug-likeness (QED) is 0.119. The van der Waals surface area contributed by atoms with Gasteiger partial charge in [-0.2, -0.15) is 0 Å². The van der Waals surface area contributed by atoms with Gasteiger partial charge in [0.25, 0.3) is 0 Å². The summed E-state index contributed by atoms with van der Waals surface area (Å²) in [6, 6.07) is -5.79. The molecule has 14 heteroatoms. The Hall–Kier alpha value is -3.26. The highest BCUT2D eigenvalue weighted by molar-refractivity contribution is 5.95. The standard InChI is InChI=1S/C19H33N5O9/c1-8(2)6-10(20)16(29)22-11(4-5-13(21)26)17(30)24-15(9(3)25)18(31)23-12(19(32)33)7-14(27)28/h8-12,15,25H,4-7,20H2,1-3H3,(H2,21,26)(H,22,29)(H,23,31)(H,24,30)(H,27,28)(H,32,33)/t9-,10+,11+,12+,15+/m1/s1. The van der Waals surface area contributed by atoms with Gasteiger partial charge in [-0.25, -0.2) is 4.79 Å². The molecule has 0 aliphatic heterocycles. The van der Waals surface area contributed by atoms with Crippen molar-refractivity contribution in [2.24, 2.45) is 17.4 Å². The van der Waals surface area contributed by atoms with Gasteiger partial charge in [-0.3, -0.25) is 24.0 Å². The van der Waals surface area contributed by atoms with E-state index in [2.05, 4.69) is 10.6 Å². The number of amides is 4. The second-order valence-corrected chi connectivity index (χ2v) is 8.03. The summed E-state index contributed by atoms with van der Waals surface area (Å²) in [5.41, 5.74) is 10.9. The lowest BCUT2D eigenvalue weighted by atomic mass is 10.0. The first-order valence-electron chi connectivity index (χ1n) is 10.2. The maximum atomic E-state index is 12.7. The molecule has 0 saturated heterocycles. The lowest BCUT2D eigenvalue weighted by Crippen LogP contribution is -2.60. The van der Waals surface area contributed by atoms with E-state index in [0.29, 0.717) is 6.42 Å². The highest BCUT2D eigenvalue weighted by Gasteiger charge is 2.33. The van der Waals surface area contributed by atoms with E-state index in [9.17, 15) is 33.9 Å². The molecule has 0 unspecified atom stereocenters. The van der Waals surface area contributed by atoms with Crippen LogP contribution >= 0.6 is 0 Å². The molecule has 0 aromatic heterocycles. The van der Waals surface area contributed by atoms with Crippen molar-refractivity contribution in [3.8, 4) is 0 Å². The van der Waals surface area contributed by atoms with Gasteiger partial charge in [-0.15, -0.1) is 0 Å². The van der Waals surface area contributed by atoms with Crippen molar-refractivity contribution in [1.29, 1.82) is 0 Å². The second-order valence-electron chi connectivity index (χ2n) is 8.03. The molecule has 0 radical (unpaired) electrons. The van der Waals surface area contributed by atoms with Crippen molar-refractivity contribution in [3.05, 3.63) is 0 Å². The van der Waals surface area contributed by atoms with Gasteiger partial charge in [-0.1, -0.05) is 13.8 Å². The Balaban J connectivity index is 5.50. The summed E-state index contributed by atoms with van der Waals surface area (Å²) in [5.74, 6) is -6.61. The van der Waals surface area contributed by atoms with Crippen LogP contribution in [0, 0.1) is 5.92 Å². The van der Waals surface area contributed by atoms with Gasteiger partial charge in [0.2, 0.25) is 23.6 Å². The molecule has 0 aromatic rings. The van der Waals surface area contributed by atoms with Crippen LogP contribution in [-0.2, 0) is 28.8 Å². The maximum Gasteiger partial charge on any atom is 0.326 e. The van der Waals surface area contributed by atoms with Gasteiger partial charge in [0.15, 0.2) is 0 Å². The first kappa shape index (κ1) is 29.7. The molecule has 4 amide bonds. The van der Waals surface area contributed by atoms with Crippen molar-refractivity contribution < 1.29 is 44.1 Å². The van der Waals surface area contributed by atoms with Crippen LogP contribution in [0.3, 0.4) is 0 Å². The van der Waals surface area contributed by atoms with Crippen molar-refractivity contribution in [2.45, 2.75) is 76.7 Å². The predicted octanol–water partition coefficient (Wildman–Crippen LogP) is -2.98. The highest BCUT2D eigenvalue weighted by Crippen LogP contribution is 2.06. The minimum atomic E-state index is -1.81. The molecule has 0 aliphatic carbocycles. The van der Waals surface area contributed by atoms with E-state index in [-0.39, 0.29) is 18.8 Å². The number of carboxylic acid groups (broad SMARTS) is 2. The van der Waals surface area contributed by atoms with Crippen LogP contribution < -0.4 is 27.4 Å². The molecular weight excluding hydrogens is 442 g/mol. The average molecular weight is 475 g/mol. The lowest BCUT2D eigenvalue weighted by Gasteiger charge is -2.26. The van der Waals surface area contributed by atoms with Crippen LogP contribution in [0.5, 0.6) is 0 Å². The summed E-state index contributed by atoms with van der Waals surface area (Å²) in [6.45, 7) is 4.81. The molecule has 33 heavy (non-hydrogen) atoms. The molecule has 0 saturated carbocycles. The number of rotatable bonds is 15. The number of aliphatic hydroxyl groups is 1. The largest absolute Gasteiger partial charge is 0.481 e. The Morgan fingerprint density at radius 1 is 0.848 bits per heavy atom. The van der Waals surface area contributed by atoms with Crippen molar-refractivity contribution in [1.82, 2.24) is 16.0 Å². The van der Waals surface area contributed by atoms with Crippen LogP contribution in [0.2, 0.25) is 0 Å². The molecule has 0 rings (SSSR count). The number of carbonyl (C=O) groups excluding carboxylic acids is 4. The SMILES string of the molecule is CC(C)C[C@H](N)C(=O)N[C@@H](CCC(N)=O)C(=O)N[C@H](C(=O)N[C@@H](CC(=O)O)C(=O)O)[C@@H](C)O. The molecule has 10 N–H and O–H groups in total. The van der Waals surface area contributed by atoms with E-state index in [1.807, 2.05) is 19.2 Å². The average Bonchev–Trinajstić information content (AvgIpc) is 2.66. The van der Waals surface area contributed by atoms with Crippen LogP contribution in [-0.4, -0.2) is 81.2 Å². The lowest BCUT2D eigenvalue weighted by molar-refractivity contribution is -0.148. The fraction of sp³-hybridized carbons (Fsp3) is 0.684. The number of carbonyl (C=O) groups is 6. The number of aliphatic hydroxyl groups excluding tert-OH is 1. The van der Waals surface area contributed by atoms with Crippen molar-refractivity contribution in [2.75, 3.05) is 0 Å². The number of primary amides is 1. The number of aliphatic carboxylic acids is 2. The number of carboxylic acids is 2. The zero-order valence-electron chi connectivity index (χ0n) is 18.7. The van der Waals surface area contributed by atoms with Gasteiger partial charge in [0.1, 0.15) is 18.1 Å². The van der Waals surface area contributed by atoms with Crippen molar-refractivity contribution >= 4 is 35.6 Å². The third kappa shape index (κ3) is 11.8. The molecule has 0 aliphatic rings. The van der Waals surface area contributed by atoms with E-state index in [4.69, 9.17) is 21.7 Å². The van der Waals surface area contributed by atoms with Gasteiger partial charge in [0, 0.05) is 6.42 Å². The Kier molecular flexibility index (Phi) is 12.6. The molecule has 0 fully saturated rings. The monoisotopic (exact) mass is 475 g/mol. The van der Waals surface area contributed by atoms with Crippen LogP contribution in [0.15, 0.2) is 0 Å². The third-order valence-electron chi connectivity index (χ3n) is 4.43. The normalized spacial score (nSPS) is 15.5. The van der Waals surface area contributed by atoms with Crippen molar-refractivity contribution in [3.63, 3.8) is 0 Å². The van der Waals surface area contributed by atoms with E-state index in [0.717, 1.165) is 6.92 Å². The van der Waals surface area contributed by atoms with Gasteiger partial charge < -0.3 is 42.7 Å². The van der Waals surface area contributed by atoms with E-state index < -0.39 is 72.3 Å². The molecule has 0 heterocycles. The van der Waals surface area contributed by atoms with Gasteiger partial charge in [-0.05, 0) is 25.7 Å². The molecule has 0 aromatic carbocycles. The van der Waals surface area contributed by atoms with Crippen LogP contribution in [0.1, 0.15) is 46.5 Å². The Morgan fingerprint density at radius 2 is 1.39 bits per heavy atom. The minimum Gasteiger partial charge on any atom is -0.481 e. The summed E-state index contributed by atoms with van der Waals surface area (Å²) in [7, 11) is 0. The van der Waals surface area contributed by atoms with Crippen LogP contribution in [0.25, 0.3) is 0 Å². The number of hydrogen-bond donors (Lipinski definition) is 8. The molecule has 188 valence electrons. The summed E-state index contributed by atoms with van der Waals surface area (Å²) in [5, 5.41) is 34.2. The zero-order valence-corrected chi connectivity index (χ0v) is 18.7. The number of nitrogens with two attached hydrogens (primary N) is 2.